The second kappa shape index (κ2) is 8.07. The first kappa shape index (κ1) is 16.7. The number of thiophene rings is 1. The molecular weight excluding hydrogens is 441 g/mol. The monoisotopic (exact) mass is 455 g/mol. The van der Waals surface area contributed by atoms with Gasteiger partial charge in [0.1, 0.15) is 13.1 Å². The third-order valence-electron chi connectivity index (χ3n) is 3.01. The normalized spacial score (nSPS) is 14.3. The van der Waals surface area contributed by atoms with Gasteiger partial charge in [0.2, 0.25) is 0 Å². The van der Waals surface area contributed by atoms with Gasteiger partial charge in [0.05, 0.1) is 14.8 Å². The molecule has 0 atom stereocenters. The van der Waals surface area contributed by atoms with Gasteiger partial charge in [-0.3, -0.25) is 4.79 Å². The number of hydrogen-bond acceptors (Lipinski definition) is 5. The summed E-state index contributed by atoms with van der Waals surface area (Å²) in [4.78, 5) is 12.8. The lowest BCUT2D eigenvalue weighted by Crippen LogP contribution is -3.00. The van der Waals surface area contributed by atoms with Crippen molar-refractivity contribution in [1.29, 1.82) is 0 Å². The van der Waals surface area contributed by atoms with E-state index < -0.39 is 0 Å². The van der Waals surface area contributed by atoms with E-state index >= 15 is 0 Å². The molecule has 1 aliphatic heterocycles. The highest BCUT2D eigenvalue weighted by Crippen LogP contribution is 2.25. The average molecular weight is 455 g/mol. The van der Waals surface area contributed by atoms with Crippen molar-refractivity contribution in [1.82, 2.24) is 4.58 Å². The van der Waals surface area contributed by atoms with Crippen LogP contribution < -0.4 is 33.2 Å². The Kier molecular flexibility index (Phi) is 6.73. The molecule has 0 bridgehead atoms. The zero-order valence-corrected chi connectivity index (χ0v) is 16.1. The molecule has 3 rings (SSSR count). The molecule has 0 aromatic carbocycles. The average Bonchev–Trinajstić information content (AvgIpc) is 3.14. The number of carbonyl (C=O) groups excluding carboxylic acids is 1. The minimum atomic E-state index is 0. The summed E-state index contributed by atoms with van der Waals surface area (Å²) in [6, 6.07) is 6.08. The van der Waals surface area contributed by atoms with Crippen molar-refractivity contribution < 1.29 is 28.8 Å². The Morgan fingerprint density at radius 1 is 1.30 bits per heavy atom. The number of nitrogens with zero attached hydrogens (tertiary/aromatic N) is 1. The predicted octanol–water partition coefficient (Wildman–Crippen LogP) is 0.416. The van der Waals surface area contributed by atoms with Gasteiger partial charge in [0.25, 0.3) is 4.67 Å². The summed E-state index contributed by atoms with van der Waals surface area (Å²) in [6.07, 6.45) is 2.61. The molecule has 0 spiro atoms. The van der Waals surface area contributed by atoms with E-state index in [2.05, 4.69) is 10.6 Å². The van der Waals surface area contributed by atoms with E-state index in [1.165, 1.54) is 46.1 Å². The number of halogens is 1. The van der Waals surface area contributed by atoms with Crippen LogP contribution in [0.2, 0.25) is 0 Å². The van der Waals surface area contributed by atoms with Crippen molar-refractivity contribution in [3.8, 4) is 0 Å². The molecule has 0 aliphatic carbocycles. The number of hydrogen-bond donors (Lipinski definition) is 0. The molecule has 1 saturated heterocycles. The lowest BCUT2D eigenvalue weighted by atomic mass is 10.4. The van der Waals surface area contributed by atoms with Crippen LogP contribution in [-0.2, 0) is 0 Å². The number of rotatable bonds is 4. The van der Waals surface area contributed by atoms with Gasteiger partial charge >= 0.3 is 0 Å². The second-order valence-corrected chi connectivity index (χ2v) is 8.77. The standard InChI is InChI=1S/C13H14NOS4.HI/c15-10(11-4-3-7-16-11)9-17-13-8-12(18-19-13)14-5-1-2-6-14;/h3-4,7-8H,1-2,5-6,9H2;1H/q+1;/p-1. The third-order valence-corrected chi connectivity index (χ3v) is 7.86. The van der Waals surface area contributed by atoms with Crippen molar-refractivity contribution >= 4 is 49.6 Å². The first-order valence-corrected chi connectivity index (χ1v) is 10.2. The van der Waals surface area contributed by atoms with Crippen LogP contribution in [0.25, 0.3) is 0 Å². The summed E-state index contributed by atoms with van der Waals surface area (Å²) in [5.74, 6) is 0.786. The summed E-state index contributed by atoms with van der Waals surface area (Å²) in [5.41, 5.74) is 0. The smallest absolute Gasteiger partial charge is 0.268 e. The Labute approximate surface area is 151 Å². The van der Waals surface area contributed by atoms with Crippen molar-refractivity contribution in [2.75, 3.05) is 18.8 Å². The second-order valence-electron chi connectivity index (χ2n) is 4.35. The highest BCUT2D eigenvalue weighted by Gasteiger charge is 2.15. The molecule has 20 heavy (non-hydrogen) atoms. The summed E-state index contributed by atoms with van der Waals surface area (Å²) in [7, 11) is 3.62. The van der Waals surface area contributed by atoms with Crippen molar-refractivity contribution in [2.45, 2.75) is 17.1 Å². The van der Waals surface area contributed by atoms with Gasteiger partial charge in [-0.15, -0.1) is 23.1 Å². The zero-order chi connectivity index (χ0) is 13.1. The van der Waals surface area contributed by atoms with Gasteiger partial charge in [0, 0.05) is 18.9 Å². The number of ketones is 1. The van der Waals surface area contributed by atoms with Gasteiger partial charge < -0.3 is 24.0 Å². The van der Waals surface area contributed by atoms with Crippen LogP contribution in [0.1, 0.15) is 22.5 Å². The summed E-state index contributed by atoms with van der Waals surface area (Å²) in [5, 5.41) is 1.95. The minimum Gasteiger partial charge on any atom is -1.00 e. The fourth-order valence-corrected chi connectivity index (χ4v) is 6.55. The van der Waals surface area contributed by atoms with Crippen molar-refractivity contribution in [3.63, 3.8) is 0 Å². The van der Waals surface area contributed by atoms with Crippen LogP contribution >= 0.6 is 43.8 Å². The van der Waals surface area contributed by atoms with Crippen LogP contribution in [0.3, 0.4) is 0 Å². The van der Waals surface area contributed by atoms with Gasteiger partial charge in [-0.25, -0.2) is 4.58 Å². The molecule has 2 aromatic rings. The highest BCUT2D eigenvalue weighted by molar-refractivity contribution is 8.03. The Morgan fingerprint density at radius 3 is 2.80 bits per heavy atom. The number of carbonyl (C=O) groups is 1. The van der Waals surface area contributed by atoms with E-state index in [9.17, 15) is 4.79 Å². The largest absolute Gasteiger partial charge is 1.00 e. The molecule has 1 aliphatic rings. The predicted molar refractivity (Wildman–Crippen MR) is 85.8 cm³/mol. The summed E-state index contributed by atoms with van der Waals surface area (Å²) in [6.45, 7) is 2.37. The molecule has 0 N–H and O–H groups in total. The molecule has 1 fully saturated rings. The molecule has 0 amide bonds. The fraction of sp³-hybridized carbons (Fsp3) is 0.385. The van der Waals surface area contributed by atoms with Crippen LogP contribution in [0.4, 0.5) is 0 Å². The van der Waals surface area contributed by atoms with Crippen LogP contribution in [-0.4, -0.2) is 24.6 Å². The quantitative estimate of drug-likeness (QED) is 0.219. The van der Waals surface area contributed by atoms with Gasteiger partial charge in [-0.1, -0.05) is 16.4 Å². The first-order chi connectivity index (χ1) is 9.33. The molecule has 2 nitrogen and oxygen atoms in total. The van der Waals surface area contributed by atoms with Crippen LogP contribution in [0.5, 0.6) is 0 Å². The van der Waals surface area contributed by atoms with E-state index in [4.69, 9.17) is 0 Å². The van der Waals surface area contributed by atoms with E-state index in [-0.39, 0.29) is 29.8 Å². The first-order valence-electron chi connectivity index (χ1n) is 6.20. The van der Waals surface area contributed by atoms with E-state index in [0.717, 1.165) is 4.88 Å². The zero-order valence-electron chi connectivity index (χ0n) is 10.7. The van der Waals surface area contributed by atoms with Gasteiger partial charge in [0.15, 0.2) is 5.78 Å². The molecular formula is C13H14INOS4. The summed E-state index contributed by atoms with van der Waals surface area (Å²) >= 11 is 3.19. The van der Waals surface area contributed by atoms with E-state index in [0.29, 0.717) is 5.75 Å². The van der Waals surface area contributed by atoms with Gasteiger partial charge in [-0.05, 0) is 21.8 Å². The molecule has 7 heteroatoms. The van der Waals surface area contributed by atoms with Crippen molar-refractivity contribution in [3.05, 3.63) is 33.1 Å². The molecule has 108 valence electrons. The third kappa shape index (κ3) is 4.16. The minimum absolute atomic E-state index is 0. The Hall–Kier alpha value is 0.300. The topological polar surface area (TPSA) is 20.1 Å². The lowest BCUT2D eigenvalue weighted by Gasteiger charge is -1.94. The summed E-state index contributed by atoms with van der Waals surface area (Å²) < 4.78 is 5.08. The Bertz CT molecular complexity index is 621. The number of thioether (sulfide) groups is 1. The fourth-order valence-electron chi connectivity index (χ4n) is 2.02. The molecule has 0 saturated carbocycles. The van der Waals surface area contributed by atoms with Crippen molar-refractivity contribution in [2.24, 2.45) is 0 Å². The SMILES string of the molecule is O=C(CSc1cc(=[N+]2CCCC2)ss1)c1cccs1.[I-]. The maximum Gasteiger partial charge on any atom is 0.268 e. The molecule has 0 unspecified atom stereocenters. The maximum absolute atomic E-state index is 11.9. The van der Waals surface area contributed by atoms with Crippen LogP contribution in [0.15, 0.2) is 27.8 Å². The Morgan fingerprint density at radius 2 is 2.10 bits per heavy atom. The molecule has 2 aromatic heterocycles. The lowest BCUT2D eigenvalue weighted by molar-refractivity contribution is -0.0000114. The van der Waals surface area contributed by atoms with E-state index in [1.807, 2.05) is 27.9 Å². The maximum atomic E-state index is 11.9. The molecule has 3 heterocycles. The number of Topliss-reactive ketones (excluding diaryl/α,β-unsaturated/α-hetero) is 1. The Balaban J connectivity index is 0.00000147. The molecule has 0 radical (unpaired) electrons. The van der Waals surface area contributed by atoms with Gasteiger partial charge in [-0.2, -0.15) is 0 Å². The van der Waals surface area contributed by atoms with Crippen LogP contribution in [0, 0.1) is 0 Å². The highest BCUT2D eigenvalue weighted by atomic mass is 127. The van der Waals surface area contributed by atoms with E-state index in [1.54, 1.807) is 22.1 Å².